The van der Waals surface area contributed by atoms with Gasteiger partial charge in [0.1, 0.15) is 0 Å². The Morgan fingerprint density at radius 1 is 1.42 bits per heavy atom. The molecule has 0 saturated carbocycles. The van der Waals surface area contributed by atoms with E-state index in [4.69, 9.17) is 23.2 Å². The number of rotatable bonds is 2. The highest BCUT2D eigenvalue weighted by Gasteiger charge is 2.09. The van der Waals surface area contributed by atoms with Gasteiger partial charge in [-0.3, -0.25) is 0 Å². The summed E-state index contributed by atoms with van der Waals surface area (Å²) in [5, 5.41) is 10.7. The molecule has 0 aliphatic rings. The number of hydrogen-bond donors (Lipinski definition) is 1. The Kier molecular flexibility index (Phi) is 3.39. The molecule has 0 spiro atoms. The van der Waals surface area contributed by atoms with E-state index in [9.17, 15) is 5.11 Å². The Balaban J connectivity index is 3.04. The zero-order valence-corrected chi connectivity index (χ0v) is 8.23. The van der Waals surface area contributed by atoms with Crippen molar-refractivity contribution < 1.29 is 5.11 Å². The average molecular weight is 205 g/mol. The van der Waals surface area contributed by atoms with Crippen LogP contribution in [0.3, 0.4) is 0 Å². The van der Waals surface area contributed by atoms with Crippen LogP contribution in [0.5, 0.6) is 0 Å². The molecule has 1 nitrogen and oxygen atoms in total. The van der Waals surface area contributed by atoms with Crippen LogP contribution < -0.4 is 0 Å². The molecule has 1 rings (SSSR count). The van der Waals surface area contributed by atoms with Crippen LogP contribution in [0.2, 0.25) is 10.0 Å². The molecule has 0 bridgehead atoms. The van der Waals surface area contributed by atoms with Crippen molar-refractivity contribution in [2.24, 2.45) is 0 Å². The van der Waals surface area contributed by atoms with Crippen molar-refractivity contribution in [1.29, 1.82) is 0 Å². The summed E-state index contributed by atoms with van der Waals surface area (Å²) in [5.74, 6) is 0. The minimum atomic E-state index is -0.517. The normalized spacial score (nSPS) is 13.0. The number of halogens is 2. The first-order valence-corrected chi connectivity index (χ1v) is 4.53. The van der Waals surface area contributed by atoms with Crippen LogP contribution in [0.4, 0.5) is 0 Å². The molecule has 1 aromatic carbocycles. The standard InChI is InChI=1S/C9H10Cl2O/c1-2-9(12)7-5-6(10)3-4-8(7)11/h3-5,9,12H,2H2,1H3/t9-/m1/s1. The second-order valence-corrected chi connectivity index (χ2v) is 3.43. The Labute approximate surface area is 81.9 Å². The van der Waals surface area contributed by atoms with Crippen molar-refractivity contribution in [2.75, 3.05) is 0 Å². The predicted octanol–water partition coefficient (Wildman–Crippen LogP) is 3.44. The molecule has 0 radical (unpaired) electrons. The van der Waals surface area contributed by atoms with E-state index in [1.165, 1.54) is 0 Å². The monoisotopic (exact) mass is 204 g/mol. The minimum absolute atomic E-state index is 0.517. The zero-order valence-electron chi connectivity index (χ0n) is 6.72. The Bertz CT molecular complexity index is 273. The quantitative estimate of drug-likeness (QED) is 0.783. The topological polar surface area (TPSA) is 20.2 Å². The van der Waals surface area contributed by atoms with E-state index in [1.807, 2.05) is 6.92 Å². The lowest BCUT2D eigenvalue weighted by atomic mass is 10.1. The Hall–Kier alpha value is -0.240. The van der Waals surface area contributed by atoms with E-state index in [2.05, 4.69) is 0 Å². The van der Waals surface area contributed by atoms with Crippen LogP contribution in [0, 0.1) is 0 Å². The van der Waals surface area contributed by atoms with Crippen molar-refractivity contribution in [3.05, 3.63) is 33.8 Å². The third-order valence-electron chi connectivity index (χ3n) is 1.70. The number of benzene rings is 1. The van der Waals surface area contributed by atoms with Gasteiger partial charge >= 0.3 is 0 Å². The summed E-state index contributed by atoms with van der Waals surface area (Å²) < 4.78 is 0. The highest BCUT2D eigenvalue weighted by atomic mass is 35.5. The Morgan fingerprint density at radius 3 is 2.67 bits per heavy atom. The van der Waals surface area contributed by atoms with E-state index >= 15 is 0 Å². The van der Waals surface area contributed by atoms with Crippen molar-refractivity contribution in [2.45, 2.75) is 19.4 Å². The molecule has 1 N–H and O–H groups in total. The summed E-state index contributed by atoms with van der Waals surface area (Å²) in [4.78, 5) is 0. The highest BCUT2D eigenvalue weighted by Crippen LogP contribution is 2.27. The van der Waals surface area contributed by atoms with Crippen LogP contribution >= 0.6 is 23.2 Å². The molecular weight excluding hydrogens is 195 g/mol. The van der Waals surface area contributed by atoms with E-state index in [0.717, 1.165) is 0 Å². The molecule has 1 aromatic rings. The third-order valence-corrected chi connectivity index (χ3v) is 2.28. The van der Waals surface area contributed by atoms with Crippen molar-refractivity contribution >= 4 is 23.2 Å². The smallest absolute Gasteiger partial charge is 0.0802 e. The molecular formula is C9H10Cl2O. The number of aliphatic hydroxyl groups is 1. The van der Waals surface area contributed by atoms with Crippen LogP contribution in [0.15, 0.2) is 18.2 Å². The summed E-state index contributed by atoms with van der Waals surface area (Å²) in [6.07, 6.45) is 0.122. The van der Waals surface area contributed by atoms with Gasteiger partial charge in [0.2, 0.25) is 0 Å². The van der Waals surface area contributed by atoms with Gasteiger partial charge in [0.25, 0.3) is 0 Å². The van der Waals surface area contributed by atoms with Crippen molar-refractivity contribution in [3.8, 4) is 0 Å². The van der Waals surface area contributed by atoms with Gasteiger partial charge in [-0.25, -0.2) is 0 Å². The lowest BCUT2D eigenvalue weighted by Crippen LogP contribution is -1.95. The molecule has 66 valence electrons. The lowest BCUT2D eigenvalue weighted by molar-refractivity contribution is 0.174. The maximum absolute atomic E-state index is 9.49. The maximum atomic E-state index is 9.49. The third kappa shape index (κ3) is 2.13. The molecule has 0 fully saturated rings. The van der Waals surface area contributed by atoms with Gasteiger partial charge in [-0.2, -0.15) is 0 Å². The van der Waals surface area contributed by atoms with Gasteiger partial charge < -0.3 is 5.11 Å². The minimum Gasteiger partial charge on any atom is -0.388 e. The molecule has 0 aliphatic heterocycles. The molecule has 1 atom stereocenters. The first-order chi connectivity index (χ1) is 5.65. The van der Waals surface area contributed by atoms with Crippen molar-refractivity contribution in [3.63, 3.8) is 0 Å². The van der Waals surface area contributed by atoms with Crippen molar-refractivity contribution in [1.82, 2.24) is 0 Å². The molecule has 0 amide bonds. The summed E-state index contributed by atoms with van der Waals surface area (Å²) >= 11 is 11.6. The fraction of sp³-hybridized carbons (Fsp3) is 0.333. The van der Waals surface area contributed by atoms with Gasteiger partial charge in [-0.05, 0) is 24.6 Å². The first-order valence-electron chi connectivity index (χ1n) is 3.78. The largest absolute Gasteiger partial charge is 0.388 e. The van der Waals surface area contributed by atoms with Crippen LogP contribution in [0.25, 0.3) is 0 Å². The van der Waals surface area contributed by atoms with Gasteiger partial charge in [0, 0.05) is 15.6 Å². The van der Waals surface area contributed by atoms with E-state index < -0.39 is 6.10 Å². The van der Waals surface area contributed by atoms with Gasteiger partial charge in [0.15, 0.2) is 0 Å². The molecule has 0 aromatic heterocycles. The van der Waals surface area contributed by atoms with E-state index in [1.54, 1.807) is 18.2 Å². The molecule has 0 saturated heterocycles. The van der Waals surface area contributed by atoms with Crippen LogP contribution in [-0.2, 0) is 0 Å². The first kappa shape index (κ1) is 9.85. The number of aliphatic hydroxyl groups excluding tert-OH is 1. The van der Waals surface area contributed by atoms with Crippen LogP contribution in [-0.4, -0.2) is 5.11 Å². The number of hydrogen-bond acceptors (Lipinski definition) is 1. The second kappa shape index (κ2) is 4.13. The summed E-state index contributed by atoms with van der Waals surface area (Å²) in [6.45, 7) is 1.89. The Morgan fingerprint density at radius 2 is 2.08 bits per heavy atom. The summed E-state index contributed by atoms with van der Waals surface area (Å²) in [5.41, 5.74) is 0.701. The second-order valence-electron chi connectivity index (χ2n) is 2.59. The van der Waals surface area contributed by atoms with E-state index in [-0.39, 0.29) is 0 Å². The fourth-order valence-corrected chi connectivity index (χ4v) is 1.41. The molecule has 0 unspecified atom stereocenters. The SMILES string of the molecule is CC[C@@H](O)c1cc(Cl)ccc1Cl. The predicted molar refractivity (Wildman–Crippen MR) is 51.7 cm³/mol. The fourth-order valence-electron chi connectivity index (χ4n) is 0.990. The van der Waals surface area contributed by atoms with E-state index in [0.29, 0.717) is 22.0 Å². The van der Waals surface area contributed by atoms with Crippen LogP contribution in [0.1, 0.15) is 25.0 Å². The molecule has 0 heterocycles. The van der Waals surface area contributed by atoms with Gasteiger partial charge in [-0.1, -0.05) is 30.1 Å². The highest BCUT2D eigenvalue weighted by molar-refractivity contribution is 6.33. The molecule has 0 aliphatic carbocycles. The van der Waals surface area contributed by atoms with Gasteiger partial charge in [0.05, 0.1) is 6.10 Å². The molecule has 3 heteroatoms. The average Bonchev–Trinajstić information content (AvgIpc) is 2.08. The summed E-state index contributed by atoms with van der Waals surface area (Å²) in [6, 6.07) is 5.09. The lowest BCUT2D eigenvalue weighted by Gasteiger charge is -2.09. The summed E-state index contributed by atoms with van der Waals surface area (Å²) in [7, 11) is 0. The zero-order chi connectivity index (χ0) is 9.14. The molecule has 12 heavy (non-hydrogen) atoms. The maximum Gasteiger partial charge on any atom is 0.0802 e. The van der Waals surface area contributed by atoms with Gasteiger partial charge in [-0.15, -0.1) is 0 Å².